The third-order valence-corrected chi connectivity index (χ3v) is 9.99. The van der Waals surface area contributed by atoms with Crippen LogP contribution in [-0.4, -0.2) is 23.3 Å². The number of nitrogens with zero attached hydrogens (tertiary/aromatic N) is 1. The second-order valence-electron chi connectivity index (χ2n) is 10.6. The number of hydrogen-bond donors (Lipinski definition) is 0. The minimum Gasteiger partial charge on any atom is -0.493 e. The lowest BCUT2D eigenvalue weighted by molar-refractivity contribution is -0.161. The largest absolute Gasteiger partial charge is 0.493 e. The molecule has 2 aromatic rings. The fraction of sp³-hybridized carbons (Fsp3) is 0.393. The molecule has 0 radical (unpaired) electrons. The molecule has 4 aliphatic carbocycles. The van der Waals surface area contributed by atoms with Gasteiger partial charge in [-0.05, 0) is 108 Å². The topological polar surface area (TPSA) is 55.8 Å². The molecule has 0 aromatic heterocycles. The van der Waals surface area contributed by atoms with Crippen LogP contribution in [0.1, 0.15) is 44.1 Å². The standard InChI is InChI=1S/C28H25BrFNO4S2/c1-34-22-10-15(11-23-25(32)31(27(36)37-23)21-5-3-2-4-20(21)30)9-19(29)24(22)35-26(33)28-12-16-6-17(13-28)8-18(7-16)14-28/h2-5,9-11,16-18H,6-8,12-14H2,1H3/b23-11+. The van der Waals surface area contributed by atoms with Crippen molar-refractivity contribution in [3.05, 3.63) is 57.2 Å². The van der Waals surface area contributed by atoms with Gasteiger partial charge in [0, 0.05) is 0 Å². The van der Waals surface area contributed by atoms with E-state index in [4.69, 9.17) is 21.7 Å². The summed E-state index contributed by atoms with van der Waals surface area (Å²) in [4.78, 5) is 28.2. The molecule has 37 heavy (non-hydrogen) atoms. The van der Waals surface area contributed by atoms with Crippen LogP contribution >= 0.6 is 39.9 Å². The van der Waals surface area contributed by atoms with Crippen molar-refractivity contribution in [2.24, 2.45) is 23.2 Å². The average Bonchev–Trinajstić information content (AvgIpc) is 3.12. The maximum atomic E-state index is 14.3. The summed E-state index contributed by atoms with van der Waals surface area (Å²) in [5.41, 5.74) is 0.394. The van der Waals surface area contributed by atoms with Crippen LogP contribution in [0.2, 0.25) is 0 Å². The Kier molecular flexibility index (Phi) is 6.44. The summed E-state index contributed by atoms with van der Waals surface area (Å²) < 4.78 is 26.8. The van der Waals surface area contributed by atoms with Crippen LogP contribution in [0.15, 0.2) is 45.8 Å². The number of thioether (sulfide) groups is 1. The lowest BCUT2D eigenvalue weighted by Crippen LogP contribution is -2.51. The van der Waals surface area contributed by atoms with Gasteiger partial charge in [0.2, 0.25) is 0 Å². The van der Waals surface area contributed by atoms with Crippen LogP contribution in [0, 0.1) is 29.0 Å². The Balaban J connectivity index is 1.26. The predicted octanol–water partition coefficient (Wildman–Crippen LogP) is 7.12. The molecule has 0 atom stereocenters. The van der Waals surface area contributed by atoms with E-state index in [1.807, 2.05) is 0 Å². The smallest absolute Gasteiger partial charge is 0.317 e. The molecule has 0 spiro atoms. The number of methoxy groups -OCH3 is 1. The van der Waals surface area contributed by atoms with Crippen LogP contribution in [0.3, 0.4) is 0 Å². The molecule has 4 bridgehead atoms. The van der Waals surface area contributed by atoms with Crippen LogP contribution in [0.5, 0.6) is 11.5 Å². The molecular weight excluding hydrogens is 577 g/mol. The molecular formula is C28H25BrFNO4S2. The Morgan fingerprint density at radius 3 is 2.43 bits per heavy atom. The summed E-state index contributed by atoms with van der Waals surface area (Å²) in [6, 6.07) is 9.54. The van der Waals surface area contributed by atoms with Gasteiger partial charge < -0.3 is 9.47 Å². The summed E-state index contributed by atoms with van der Waals surface area (Å²) in [6.07, 6.45) is 8.17. The van der Waals surface area contributed by atoms with Gasteiger partial charge >= 0.3 is 5.97 Å². The highest BCUT2D eigenvalue weighted by Gasteiger charge is 2.55. The molecule has 0 N–H and O–H groups in total. The molecule has 5 fully saturated rings. The highest BCUT2D eigenvalue weighted by atomic mass is 79.9. The molecule has 1 aliphatic heterocycles. The number of benzene rings is 2. The van der Waals surface area contributed by atoms with Crippen molar-refractivity contribution in [3.63, 3.8) is 0 Å². The van der Waals surface area contributed by atoms with Crippen LogP contribution < -0.4 is 14.4 Å². The summed E-state index contributed by atoms with van der Waals surface area (Å²) >= 11 is 10.0. The van der Waals surface area contributed by atoms with Crippen molar-refractivity contribution in [3.8, 4) is 11.5 Å². The lowest BCUT2D eigenvalue weighted by atomic mass is 9.49. The van der Waals surface area contributed by atoms with E-state index in [0.717, 1.165) is 31.0 Å². The van der Waals surface area contributed by atoms with Crippen molar-refractivity contribution in [2.45, 2.75) is 38.5 Å². The fourth-order valence-electron chi connectivity index (χ4n) is 6.94. The van der Waals surface area contributed by atoms with E-state index < -0.39 is 17.1 Å². The second kappa shape index (κ2) is 9.50. The van der Waals surface area contributed by atoms with Gasteiger partial charge in [0.15, 0.2) is 15.8 Å². The summed E-state index contributed by atoms with van der Waals surface area (Å²) in [5, 5.41) is 0. The van der Waals surface area contributed by atoms with Gasteiger partial charge in [0.05, 0.1) is 27.6 Å². The zero-order chi connectivity index (χ0) is 25.9. The zero-order valence-corrected chi connectivity index (χ0v) is 23.4. The lowest BCUT2D eigenvalue weighted by Gasteiger charge is -2.55. The number of halogens is 2. The molecule has 5 nitrogen and oxygen atoms in total. The predicted molar refractivity (Wildman–Crippen MR) is 149 cm³/mol. The van der Waals surface area contributed by atoms with Crippen LogP contribution in [0.25, 0.3) is 6.08 Å². The molecule has 1 heterocycles. The molecule has 9 heteroatoms. The van der Waals surface area contributed by atoms with E-state index in [9.17, 15) is 14.0 Å². The SMILES string of the molecule is COc1cc(/C=C2/SC(=S)N(c3ccccc3F)C2=O)cc(Br)c1OC(=O)C12CC3CC(CC(C3)C1)C2. The van der Waals surface area contributed by atoms with Crippen molar-refractivity contribution >= 4 is 67.9 Å². The maximum absolute atomic E-state index is 14.3. The van der Waals surface area contributed by atoms with E-state index >= 15 is 0 Å². The van der Waals surface area contributed by atoms with Crippen molar-refractivity contribution in [2.75, 3.05) is 12.0 Å². The first-order chi connectivity index (χ1) is 17.8. The third-order valence-electron chi connectivity index (χ3n) is 8.10. The molecule has 1 saturated heterocycles. The monoisotopic (exact) mass is 601 g/mol. The average molecular weight is 603 g/mol. The number of thiocarbonyl (C=S) groups is 1. The Morgan fingerprint density at radius 1 is 1.16 bits per heavy atom. The highest BCUT2D eigenvalue weighted by molar-refractivity contribution is 9.10. The first-order valence-corrected chi connectivity index (χ1v) is 14.4. The minimum absolute atomic E-state index is 0.124. The Morgan fingerprint density at radius 2 is 1.81 bits per heavy atom. The number of hydrogen-bond acceptors (Lipinski definition) is 6. The number of amides is 1. The molecule has 5 aliphatic rings. The van der Waals surface area contributed by atoms with Gasteiger partial charge in [-0.1, -0.05) is 36.1 Å². The van der Waals surface area contributed by atoms with Crippen LogP contribution in [0.4, 0.5) is 10.1 Å². The molecule has 0 unspecified atom stereocenters. The molecule has 2 aromatic carbocycles. The normalized spacial score (nSPS) is 29.3. The highest BCUT2D eigenvalue weighted by Crippen LogP contribution is 2.60. The third kappa shape index (κ3) is 4.42. The fourth-order valence-corrected chi connectivity index (χ4v) is 8.77. The van der Waals surface area contributed by atoms with Crippen molar-refractivity contribution in [1.29, 1.82) is 0 Å². The maximum Gasteiger partial charge on any atom is 0.317 e. The number of para-hydroxylation sites is 1. The number of carbonyl (C=O) groups is 2. The van der Waals surface area contributed by atoms with Gasteiger partial charge in [-0.15, -0.1) is 0 Å². The first kappa shape index (κ1) is 25.1. The van der Waals surface area contributed by atoms with Crippen LogP contribution in [-0.2, 0) is 9.59 Å². The van der Waals surface area contributed by atoms with E-state index in [1.165, 1.54) is 43.4 Å². The van der Waals surface area contributed by atoms with Gasteiger partial charge in [-0.2, -0.15) is 0 Å². The zero-order valence-electron chi connectivity index (χ0n) is 20.2. The molecule has 192 valence electrons. The number of ether oxygens (including phenoxy) is 2. The summed E-state index contributed by atoms with van der Waals surface area (Å²) in [6.45, 7) is 0. The van der Waals surface area contributed by atoms with Gasteiger partial charge in [0.25, 0.3) is 5.91 Å². The van der Waals surface area contributed by atoms with E-state index in [1.54, 1.807) is 30.3 Å². The number of rotatable bonds is 5. The molecule has 1 amide bonds. The van der Waals surface area contributed by atoms with Gasteiger partial charge in [-0.3, -0.25) is 14.5 Å². The first-order valence-electron chi connectivity index (χ1n) is 12.4. The quantitative estimate of drug-likeness (QED) is 0.157. The summed E-state index contributed by atoms with van der Waals surface area (Å²) in [7, 11) is 1.52. The van der Waals surface area contributed by atoms with Gasteiger partial charge in [0.1, 0.15) is 5.82 Å². The number of esters is 1. The van der Waals surface area contributed by atoms with Gasteiger partial charge in [-0.25, -0.2) is 4.39 Å². The Hall–Kier alpha value is -2.23. The van der Waals surface area contributed by atoms with E-state index in [-0.39, 0.29) is 16.0 Å². The molecule has 4 saturated carbocycles. The Bertz CT molecular complexity index is 1320. The summed E-state index contributed by atoms with van der Waals surface area (Å²) in [5.74, 6) is 1.56. The second-order valence-corrected chi connectivity index (χ2v) is 13.1. The van der Waals surface area contributed by atoms with Crippen molar-refractivity contribution in [1.82, 2.24) is 0 Å². The van der Waals surface area contributed by atoms with E-state index in [2.05, 4.69) is 15.9 Å². The van der Waals surface area contributed by atoms with Crippen molar-refractivity contribution < 1.29 is 23.5 Å². The number of anilines is 1. The number of carbonyl (C=O) groups excluding carboxylic acids is 2. The van der Waals surface area contributed by atoms with E-state index in [0.29, 0.717) is 44.2 Å². The minimum atomic E-state index is -0.519. The Labute approximate surface area is 232 Å². The molecule has 7 rings (SSSR count).